The monoisotopic (exact) mass is 388 g/mol. The van der Waals surface area contributed by atoms with Crippen molar-refractivity contribution in [2.45, 2.75) is 32.7 Å². The SMILES string of the molecule is Cc1ccc(CN(CCC(=O)NCCCc2ccccc2)S(C)(=O)=O)cc1. The van der Waals surface area contributed by atoms with E-state index in [0.717, 1.165) is 24.0 Å². The van der Waals surface area contributed by atoms with Crippen molar-refractivity contribution in [1.82, 2.24) is 9.62 Å². The van der Waals surface area contributed by atoms with Crippen molar-refractivity contribution in [3.8, 4) is 0 Å². The summed E-state index contributed by atoms with van der Waals surface area (Å²) in [6.45, 7) is 3.03. The summed E-state index contributed by atoms with van der Waals surface area (Å²) in [6, 6.07) is 17.9. The van der Waals surface area contributed by atoms with Crippen LogP contribution in [0.5, 0.6) is 0 Å². The summed E-state index contributed by atoms with van der Waals surface area (Å²) in [6.07, 6.45) is 3.10. The minimum atomic E-state index is -3.38. The first-order chi connectivity index (χ1) is 12.8. The second-order valence-electron chi connectivity index (χ2n) is 6.77. The van der Waals surface area contributed by atoms with Crippen LogP contribution in [-0.4, -0.2) is 38.0 Å². The van der Waals surface area contributed by atoms with Crippen molar-refractivity contribution >= 4 is 15.9 Å². The van der Waals surface area contributed by atoms with E-state index in [1.807, 2.05) is 49.4 Å². The molecule has 0 aliphatic heterocycles. The molecule has 2 rings (SSSR count). The normalized spacial score (nSPS) is 11.5. The first kappa shape index (κ1) is 21.1. The minimum absolute atomic E-state index is 0.124. The zero-order valence-corrected chi connectivity index (χ0v) is 16.8. The van der Waals surface area contributed by atoms with Crippen LogP contribution in [-0.2, 0) is 27.8 Å². The maximum Gasteiger partial charge on any atom is 0.221 e. The van der Waals surface area contributed by atoms with Crippen LogP contribution in [0.3, 0.4) is 0 Å². The molecule has 1 amide bonds. The van der Waals surface area contributed by atoms with Crippen LogP contribution in [0.25, 0.3) is 0 Å². The number of rotatable bonds is 10. The largest absolute Gasteiger partial charge is 0.356 e. The fourth-order valence-corrected chi connectivity index (χ4v) is 3.55. The molecular formula is C21H28N2O3S. The molecular weight excluding hydrogens is 360 g/mol. The maximum atomic E-state index is 12.1. The van der Waals surface area contributed by atoms with E-state index in [1.165, 1.54) is 16.1 Å². The number of nitrogens with zero attached hydrogens (tertiary/aromatic N) is 1. The molecule has 0 atom stereocenters. The predicted molar refractivity (Wildman–Crippen MR) is 109 cm³/mol. The van der Waals surface area contributed by atoms with Crippen molar-refractivity contribution in [1.29, 1.82) is 0 Å². The van der Waals surface area contributed by atoms with E-state index < -0.39 is 10.0 Å². The second-order valence-corrected chi connectivity index (χ2v) is 8.75. The maximum absolute atomic E-state index is 12.1. The molecule has 0 radical (unpaired) electrons. The number of hydrogen-bond acceptors (Lipinski definition) is 3. The molecule has 0 saturated heterocycles. The highest BCUT2D eigenvalue weighted by Gasteiger charge is 2.18. The Labute approximate surface area is 162 Å². The summed E-state index contributed by atoms with van der Waals surface area (Å²) in [4.78, 5) is 12.1. The molecule has 2 aromatic rings. The van der Waals surface area contributed by atoms with Gasteiger partial charge in [0.1, 0.15) is 0 Å². The molecule has 0 unspecified atom stereocenters. The summed E-state index contributed by atoms with van der Waals surface area (Å²) >= 11 is 0. The van der Waals surface area contributed by atoms with E-state index in [4.69, 9.17) is 0 Å². The van der Waals surface area contributed by atoms with E-state index in [9.17, 15) is 13.2 Å². The quantitative estimate of drug-likeness (QED) is 0.637. The van der Waals surface area contributed by atoms with Crippen LogP contribution in [0.15, 0.2) is 54.6 Å². The van der Waals surface area contributed by atoms with Gasteiger partial charge in [-0.15, -0.1) is 0 Å². The lowest BCUT2D eigenvalue weighted by Gasteiger charge is -2.20. The molecule has 0 aliphatic rings. The van der Waals surface area contributed by atoms with Crippen LogP contribution < -0.4 is 5.32 Å². The molecule has 27 heavy (non-hydrogen) atoms. The van der Waals surface area contributed by atoms with Gasteiger partial charge in [0, 0.05) is 26.1 Å². The summed E-state index contributed by atoms with van der Waals surface area (Å²) in [5.74, 6) is -0.124. The van der Waals surface area contributed by atoms with Crippen molar-refractivity contribution in [3.63, 3.8) is 0 Å². The molecule has 0 bridgehead atoms. The molecule has 0 aromatic heterocycles. The van der Waals surface area contributed by atoms with Crippen molar-refractivity contribution in [3.05, 3.63) is 71.3 Å². The van der Waals surface area contributed by atoms with Crippen LogP contribution in [0.1, 0.15) is 29.5 Å². The van der Waals surface area contributed by atoms with Gasteiger partial charge in [-0.3, -0.25) is 4.79 Å². The molecule has 146 valence electrons. The van der Waals surface area contributed by atoms with Crippen LogP contribution >= 0.6 is 0 Å². The Morgan fingerprint density at radius 2 is 1.67 bits per heavy atom. The first-order valence-electron chi connectivity index (χ1n) is 9.16. The number of aryl methyl sites for hydroxylation is 2. The summed E-state index contributed by atoms with van der Waals surface area (Å²) < 4.78 is 25.4. The van der Waals surface area contributed by atoms with Gasteiger partial charge in [-0.05, 0) is 30.9 Å². The van der Waals surface area contributed by atoms with Gasteiger partial charge in [-0.1, -0.05) is 60.2 Å². The summed E-state index contributed by atoms with van der Waals surface area (Å²) in [7, 11) is -3.38. The van der Waals surface area contributed by atoms with Gasteiger partial charge in [0.15, 0.2) is 0 Å². The third-order valence-electron chi connectivity index (χ3n) is 4.34. The molecule has 6 heteroatoms. The molecule has 0 fully saturated rings. The molecule has 1 N–H and O–H groups in total. The van der Waals surface area contributed by atoms with Gasteiger partial charge in [0.2, 0.25) is 15.9 Å². The Bertz CT molecular complexity index is 818. The van der Waals surface area contributed by atoms with Gasteiger partial charge >= 0.3 is 0 Å². The molecule has 0 aliphatic carbocycles. The Balaban J connectivity index is 1.76. The predicted octanol–water partition coefficient (Wildman–Crippen LogP) is 2.90. The Morgan fingerprint density at radius 1 is 1.00 bits per heavy atom. The van der Waals surface area contributed by atoms with Crippen molar-refractivity contribution in [2.75, 3.05) is 19.3 Å². The van der Waals surface area contributed by atoms with Crippen LogP contribution in [0.4, 0.5) is 0 Å². The Kier molecular flexibility index (Phi) is 8.00. The highest BCUT2D eigenvalue weighted by molar-refractivity contribution is 7.88. The van der Waals surface area contributed by atoms with Crippen molar-refractivity contribution < 1.29 is 13.2 Å². The first-order valence-corrected chi connectivity index (χ1v) is 11.0. The minimum Gasteiger partial charge on any atom is -0.356 e. The lowest BCUT2D eigenvalue weighted by molar-refractivity contribution is -0.121. The third-order valence-corrected chi connectivity index (χ3v) is 5.59. The zero-order valence-electron chi connectivity index (χ0n) is 16.0. The second kappa shape index (κ2) is 10.2. The van der Waals surface area contributed by atoms with Gasteiger partial charge in [-0.2, -0.15) is 4.31 Å². The number of carbonyl (C=O) groups is 1. The average Bonchev–Trinajstić information content (AvgIpc) is 2.63. The Hall–Kier alpha value is -2.18. The number of nitrogens with one attached hydrogen (secondary N) is 1. The Morgan fingerprint density at radius 3 is 2.30 bits per heavy atom. The topological polar surface area (TPSA) is 66.5 Å². The molecule has 0 saturated carbocycles. The fourth-order valence-electron chi connectivity index (χ4n) is 2.74. The number of carbonyl (C=O) groups excluding carboxylic acids is 1. The van der Waals surface area contributed by atoms with E-state index in [-0.39, 0.29) is 25.4 Å². The smallest absolute Gasteiger partial charge is 0.221 e. The lowest BCUT2D eigenvalue weighted by atomic mass is 10.1. The standard InChI is InChI=1S/C21H28N2O3S/c1-18-10-12-20(13-11-18)17-23(27(2,25)26)16-14-21(24)22-15-6-9-19-7-4-3-5-8-19/h3-5,7-8,10-13H,6,9,14-17H2,1-2H3,(H,22,24). The van der Waals surface area contributed by atoms with Gasteiger partial charge in [0.05, 0.1) is 6.26 Å². The van der Waals surface area contributed by atoms with Gasteiger partial charge < -0.3 is 5.32 Å². The van der Waals surface area contributed by atoms with Crippen LogP contribution in [0, 0.1) is 6.92 Å². The third kappa shape index (κ3) is 7.93. The number of sulfonamides is 1. The summed E-state index contributed by atoms with van der Waals surface area (Å²) in [5, 5.41) is 2.87. The molecule has 0 spiro atoms. The van der Waals surface area contributed by atoms with E-state index in [2.05, 4.69) is 17.4 Å². The van der Waals surface area contributed by atoms with Gasteiger partial charge in [-0.25, -0.2) is 8.42 Å². The molecule has 2 aromatic carbocycles. The molecule has 5 nitrogen and oxygen atoms in total. The fraction of sp³-hybridized carbons (Fsp3) is 0.381. The number of hydrogen-bond donors (Lipinski definition) is 1. The lowest BCUT2D eigenvalue weighted by Crippen LogP contribution is -2.34. The highest BCUT2D eigenvalue weighted by atomic mass is 32.2. The molecule has 0 heterocycles. The zero-order chi connectivity index (χ0) is 19.7. The number of amides is 1. The highest BCUT2D eigenvalue weighted by Crippen LogP contribution is 2.10. The summed E-state index contributed by atoms with van der Waals surface area (Å²) in [5.41, 5.74) is 3.28. The van der Waals surface area contributed by atoms with Crippen LogP contribution in [0.2, 0.25) is 0 Å². The average molecular weight is 389 g/mol. The van der Waals surface area contributed by atoms with Crippen molar-refractivity contribution in [2.24, 2.45) is 0 Å². The van der Waals surface area contributed by atoms with Gasteiger partial charge in [0.25, 0.3) is 0 Å². The van der Waals surface area contributed by atoms with E-state index in [0.29, 0.717) is 6.54 Å². The van der Waals surface area contributed by atoms with E-state index in [1.54, 1.807) is 0 Å². The number of benzene rings is 2. The van der Waals surface area contributed by atoms with E-state index >= 15 is 0 Å².